The minimum atomic E-state index is -0.628. The molecule has 1 rings (SSSR count). The van der Waals surface area contributed by atoms with Gasteiger partial charge in [-0.3, -0.25) is 10.1 Å². The molecular formula is C14H21N3O4. The van der Waals surface area contributed by atoms with Crippen LogP contribution in [0.15, 0.2) is 12.1 Å². The first-order chi connectivity index (χ1) is 9.66. The van der Waals surface area contributed by atoms with E-state index in [2.05, 4.69) is 35.8 Å². The fourth-order valence-corrected chi connectivity index (χ4v) is 1.50. The Morgan fingerprint density at radius 2 is 2.10 bits per heavy atom. The van der Waals surface area contributed by atoms with Crippen LogP contribution in [0.2, 0.25) is 0 Å². The highest BCUT2D eigenvalue weighted by molar-refractivity contribution is 5.88. The van der Waals surface area contributed by atoms with Gasteiger partial charge in [0.1, 0.15) is 0 Å². The SMILES string of the molecule is COC(=O)c1ccc([N+](=O)[O-])c(NCC(C)C(C)(C)C)n1. The highest BCUT2D eigenvalue weighted by atomic mass is 16.6. The van der Waals surface area contributed by atoms with Crippen molar-refractivity contribution in [2.75, 3.05) is 19.0 Å². The van der Waals surface area contributed by atoms with Crippen molar-refractivity contribution < 1.29 is 14.5 Å². The zero-order valence-electron chi connectivity index (χ0n) is 13.0. The van der Waals surface area contributed by atoms with E-state index in [1.54, 1.807) is 0 Å². The van der Waals surface area contributed by atoms with Gasteiger partial charge in [0.2, 0.25) is 5.82 Å². The highest BCUT2D eigenvalue weighted by Gasteiger charge is 2.23. The summed E-state index contributed by atoms with van der Waals surface area (Å²) >= 11 is 0. The van der Waals surface area contributed by atoms with Gasteiger partial charge in [-0.15, -0.1) is 0 Å². The van der Waals surface area contributed by atoms with Crippen LogP contribution in [0.4, 0.5) is 11.5 Å². The van der Waals surface area contributed by atoms with E-state index in [9.17, 15) is 14.9 Å². The maximum absolute atomic E-state index is 11.5. The Bertz CT molecular complexity index is 538. The summed E-state index contributed by atoms with van der Waals surface area (Å²) in [5.74, 6) is -0.281. The summed E-state index contributed by atoms with van der Waals surface area (Å²) in [7, 11) is 1.24. The number of pyridine rings is 1. The second-order valence-corrected chi connectivity index (χ2v) is 5.96. The molecule has 0 saturated heterocycles. The van der Waals surface area contributed by atoms with Crippen LogP contribution in [0.25, 0.3) is 0 Å². The van der Waals surface area contributed by atoms with Crippen LogP contribution in [0.5, 0.6) is 0 Å². The van der Waals surface area contributed by atoms with Gasteiger partial charge in [-0.2, -0.15) is 0 Å². The van der Waals surface area contributed by atoms with Gasteiger partial charge >= 0.3 is 11.7 Å². The van der Waals surface area contributed by atoms with E-state index in [0.717, 1.165) is 0 Å². The van der Waals surface area contributed by atoms with Crippen LogP contribution in [-0.4, -0.2) is 29.5 Å². The lowest BCUT2D eigenvalue weighted by Gasteiger charge is -2.27. The number of hydrogen-bond acceptors (Lipinski definition) is 6. The summed E-state index contributed by atoms with van der Waals surface area (Å²) in [5, 5.41) is 14.0. The van der Waals surface area contributed by atoms with Gasteiger partial charge < -0.3 is 10.1 Å². The first kappa shape index (κ1) is 16.9. The van der Waals surface area contributed by atoms with Gasteiger partial charge in [0.15, 0.2) is 5.69 Å². The molecule has 0 aliphatic heterocycles. The lowest BCUT2D eigenvalue weighted by atomic mass is 9.82. The lowest BCUT2D eigenvalue weighted by molar-refractivity contribution is -0.384. The molecule has 1 aromatic rings. The predicted molar refractivity (Wildman–Crippen MR) is 79.3 cm³/mol. The molecule has 0 bridgehead atoms. The summed E-state index contributed by atoms with van der Waals surface area (Å²) in [6.45, 7) is 8.83. The van der Waals surface area contributed by atoms with E-state index in [4.69, 9.17) is 0 Å². The summed E-state index contributed by atoms with van der Waals surface area (Å²) in [4.78, 5) is 25.9. The Hall–Kier alpha value is -2.18. The molecule has 21 heavy (non-hydrogen) atoms. The van der Waals surface area contributed by atoms with Crippen molar-refractivity contribution in [1.82, 2.24) is 4.98 Å². The van der Waals surface area contributed by atoms with Crippen LogP contribution in [0, 0.1) is 21.4 Å². The van der Waals surface area contributed by atoms with Crippen LogP contribution < -0.4 is 5.32 Å². The number of nitrogens with one attached hydrogen (secondary N) is 1. The van der Waals surface area contributed by atoms with Crippen molar-refractivity contribution in [1.29, 1.82) is 0 Å². The fraction of sp³-hybridized carbons (Fsp3) is 0.571. The van der Waals surface area contributed by atoms with E-state index in [1.165, 1.54) is 19.2 Å². The number of nitrogens with zero attached hydrogens (tertiary/aromatic N) is 2. The van der Waals surface area contributed by atoms with E-state index < -0.39 is 10.9 Å². The van der Waals surface area contributed by atoms with Gasteiger partial charge in [-0.05, 0) is 17.4 Å². The average molecular weight is 295 g/mol. The number of aromatic nitrogens is 1. The number of carbonyl (C=O) groups is 1. The summed E-state index contributed by atoms with van der Waals surface area (Å²) in [6.07, 6.45) is 0. The van der Waals surface area contributed by atoms with E-state index in [0.29, 0.717) is 6.54 Å². The quantitative estimate of drug-likeness (QED) is 0.510. The smallest absolute Gasteiger partial charge is 0.356 e. The normalized spacial score (nSPS) is 12.6. The molecule has 116 valence electrons. The predicted octanol–water partition coefficient (Wildman–Crippen LogP) is 2.87. The molecule has 0 radical (unpaired) electrons. The molecule has 0 amide bonds. The van der Waals surface area contributed by atoms with Gasteiger partial charge in [0, 0.05) is 12.6 Å². The number of nitro groups is 1. The van der Waals surface area contributed by atoms with Crippen molar-refractivity contribution in [2.45, 2.75) is 27.7 Å². The first-order valence-electron chi connectivity index (χ1n) is 6.64. The summed E-state index contributed by atoms with van der Waals surface area (Å²) in [5.41, 5.74) is -0.0698. The largest absolute Gasteiger partial charge is 0.464 e. The zero-order valence-corrected chi connectivity index (χ0v) is 13.0. The fourth-order valence-electron chi connectivity index (χ4n) is 1.50. The maximum atomic E-state index is 11.5. The van der Waals surface area contributed by atoms with Crippen molar-refractivity contribution >= 4 is 17.5 Å². The van der Waals surface area contributed by atoms with Crippen molar-refractivity contribution in [3.63, 3.8) is 0 Å². The molecule has 1 unspecified atom stereocenters. The molecule has 1 N–H and O–H groups in total. The molecule has 0 saturated carbocycles. The van der Waals surface area contributed by atoms with E-state index >= 15 is 0 Å². The van der Waals surface area contributed by atoms with Crippen molar-refractivity contribution in [3.8, 4) is 0 Å². The zero-order chi connectivity index (χ0) is 16.2. The third-order valence-corrected chi connectivity index (χ3v) is 3.52. The molecule has 1 atom stereocenters. The van der Waals surface area contributed by atoms with Crippen molar-refractivity contribution in [2.24, 2.45) is 11.3 Å². The molecule has 0 aliphatic rings. The van der Waals surface area contributed by atoms with Crippen molar-refractivity contribution in [3.05, 3.63) is 27.9 Å². The third-order valence-electron chi connectivity index (χ3n) is 3.52. The molecule has 0 aromatic carbocycles. The molecule has 1 heterocycles. The van der Waals surface area contributed by atoms with Crippen LogP contribution >= 0.6 is 0 Å². The Morgan fingerprint density at radius 3 is 2.57 bits per heavy atom. The third kappa shape index (κ3) is 4.40. The van der Waals surface area contributed by atoms with E-state index in [1.807, 2.05) is 6.92 Å². The second kappa shape index (κ2) is 6.51. The van der Waals surface area contributed by atoms with Crippen LogP contribution in [0.3, 0.4) is 0 Å². The number of anilines is 1. The highest BCUT2D eigenvalue weighted by Crippen LogP contribution is 2.27. The molecule has 0 fully saturated rings. The lowest BCUT2D eigenvalue weighted by Crippen LogP contribution is -2.25. The standard InChI is InChI=1S/C14H21N3O4/c1-9(14(2,3)4)8-15-12-11(17(19)20)7-6-10(16-12)13(18)21-5/h6-7,9H,8H2,1-5H3,(H,15,16). The molecule has 1 aromatic heterocycles. The Kier molecular flexibility index (Phi) is 5.23. The monoisotopic (exact) mass is 295 g/mol. The van der Waals surface area contributed by atoms with Gasteiger partial charge in [-0.1, -0.05) is 27.7 Å². The number of rotatable bonds is 5. The van der Waals surface area contributed by atoms with Crippen LogP contribution in [-0.2, 0) is 4.74 Å². The van der Waals surface area contributed by atoms with Crippen LogP contribution in [0.1, 0.15) is 38.2 Å². The number of methoxy groups -OCH3 is 1. The molecule has 7 heteroatoms. The second-order valence-electron chi connectivity index (χ2n) is 5.96. The Balaban J connectivity index is 3.02. The molecule has 7 nitrogen and oxygen atoms in total. The molecule has 0 aliphatic carbocycles. The molecular weight excluding hydrogens is 274 g/mol. The number of esters is 1. The first-order valence-corrected chi connectivity index (χ1v) is 6.64. The minimum Gasteiger partial charge on any atom is -0.464 e. The van der Waals surface area contributed by atoms with E-state index in [-0.39, 0.29) is 28.5 Å². The topological polar surface area (TPSA) is 94.4 Å². The number of ether oxygens (including phenoxy) is 1. The average Bonchev–Trinajstić information content (AvgIpc) is 2.42. The maximum Gasteiger partial charge on any atom is 0.356 e. The Morgan fingerprint density at radius 1 is 1.48 bits per heavy atom. The van der Waals surface area contributed by atoms with Gasteiger partial charge in [-0.25, -0.2) is 9.78 Å². The Labute approximate surface area is 123 Å². The number of hydrogen-bond donors (Lipinski definition) is 1. The van der Waals surface area contributed by atoms with Gasteiger partial charge in [0.25, 0.3) is 0 Å². The summed E-state index contributed by atoms with van der Waals surface area (Å²) < 4.78 is 4.57. The number of carbonyl (C=O) groups excluding carboxylic acids is 1. The minimum absolute atomic E-state index is 0.0361. The summed E-state index contributed by atoms with van der Waals surface area (Å²) in [6, 6.07) is 2.53. The van der Waals surface area contributed by atoms with Gasteiger partial charge in [0.05, 0.1) is 12.0 Å². The molecule has 0 spiro atoms.